The third-order valence-corrected chi connectivity index (χ3v) is 4.82. The zero-order valence-electron chi connectivity index (χ0n) is 19.8. The predicted molar refractivity (Wildman–Crippen MR) is 122 cm³/mol. The van der Waals surface area contributed by atoms with E-state index in [1.165, 1.54) is 17.1 Å². The van der Waals surface area contributed by atoms with Crippen LogP contribution in [-0.4, -0.2) is 63.8 Å². The molecule has 2 aromatic heterocycles. The number of carbonyl (C=O) groups excluding carboxylic acids is 4. The average Bonchev–Trinajstić information content (AvgIpc) is 3.31. The number of carbonyl (C=O) groups is 4. The average molecular weight is 474 g/mol. The molecule has 0 saturated carbocycles. The second kappa shape index (κ2) is 13.1. The van der Waals surface area contributed by atoms with E-state index in [-0.39, 0.29) is 37.5 Å². The van der Waals surface area contributed by atoms with E-state index in [9.17, 15) is 19.2 Å². The lowest BCUT2D eigenvalue weighted by atomic mass is 10.0. The van der Waals surface area contributed by atoms with Gasteiger partial charge in [0, 0.05) is 18.8 Å². The molecule has 0 saturated heterocycles. The summed E-state index contributed by atoms with van der Waals surface area (Å²) in [6, 6.07) is 1.55. The first-order valence-corrected chi connectivity index (χ1v) is 11.1. The van der Waals surface area contributed by atoms with E-state index in [1.807, 2.05) is 0 Å². The van der Waals surface area contributed by atoms with Crippen LogP contribution in [0, 0.1) is 5.92 Å². The van der Waals surface area contributed by atoms with Crippen molar-refractivity contribution in [1.29, 1.82) is 0 Å². The molecule has 11 heteroatoms. The van der Waals surface area contributed by atoms with Gasteiger partial charge in [0.2, 0.25) is 5.91 Å². The number of nitrogens with zero attached hydrogens (tertiary/aromatic N) is 3. The monoisotopic (exact) mass is 473 g/mol. The normalized spacial score (nSPS) is 12.5. The van der Waals surface area contributed by atoms with Crippen molar-refractivity contribution in [2.24, 2.45) is 5.92 Å². The minimum Gasteiger partial charge on any atom is -0.466 e. The van der Waals surface area contributed by atoms with Crippen LogP contribution in [-0.2, 0) is 23.9 Å². The molecule has 0 aromatic carbocycles. The van der Waals surface area contributed by atoms with Crippen molar-refractivity contribution in [3.63, 3.8) is 0 Å². The Morgan fingerprint density at radius 1 is 1.06 bits per heavy atom. The van der Waals surface area contributed by atoms with Gasteiger partial charge in [-0.25, -0.2) is 9.48 Å². The van der Waals surface area contributed by atoms with Crippen molar-refractivity contribution in [2.75, 3.05) is 13.2 Å². The van der Waals surface area contributed by atoms with Gasteiger partial charge in [0.25, 0.3) is 5.91 Å². The highest BCUT2D eigenvalue weighted by molar-refractivity contribution is 5.98. The minimum absolute atomic E-state index is 0.0139. The maximum Gasteiger partial charge on any atom is 0.328 e. The third kappa shape index (κ3) is 7.68. The molecule has 2 aromatic rings. The van der Waals surface area contributed by atoms with Crippen LogP contribution in [0.3, 0.4) is 0 Å². The molecule has 0 aliphatic heterocycles. The number of amides is 2. The van der Waals surface area contributed by atoms with Gasteiger partial charge in [-0.15, -0.1) is 0 Å². The summed E-state index contributed by atoms with van der Waals surface area (Å²) in [5.74, 6) is -2.49. The largest absolute Gasteiger partial charge is 0.466 e. The van der Waals surface area contributed by atoms with Crippen molar-refractivity contribution < 1.29 is 28.7 Å². The number of hydrogen-bond donors (Lipinski definition) is 2. The van der Waals surface area contributed by atoms with Crippen molar-refractivity contribution >= 4 is 23.8 Å². The third-order valence-electron chi connectivity index (χ3n) is 4.82. The predicted octanol–water partition coefficient (Wildman–Crippen LogP) is 1.41. The minimum atomic E-state index is -1.05. The van der Waals surface area contributed by atoms with Crippen molar-refractivity contribution in [2.45, 2.75) is 52.6 Å². The summed E-state index contributed by atoms with van der Waals surface area (Å²) in [7, 11) is 0. The molecule has 11 nitrogen and oxygen atoms in total. The van der Waals surface area contributed by atoms with Gasteiger partial charge in [0.1, 0.15) is 12.1 Å². The molecule has 0 aliphatic rings. The van der Waals surface area contributed by atoms with Crippen LogP contribution in [0.1, 0.15) is 50.9 Å². The lowest BCUT2D eigenvalue weighted by Gasteiger charge is -2.24. The molecule has 34 heavy (non-hydrogen) atoms. The summed E-state index contributed by atoms with van der Waals surface area (Å²) in [6.45, 7) is 7.19. The van der Waals surface area contributed by atoms with Gasteiger partial charge in [-0.2, -0.15) is 5.10 Å². The molecule has 2 heterocycles. The van der Waals surface area contributed by atoms with Gasteiger partial charge in [0.05, 0.1) is 36.9 Å². The summed E-state index contributed by atoms with van der Waals surface area (Å²) in [5, 5.41) is 9.46. The van der Waals surface area contributed by atoms with Crippen molar-refractivity contribution in [1.82, 2.24) is 25.4 Å². The summed E-state index contributed by atoms with van der Waals surface area (Å²) in [6.07, 6.45) is 6.10. The number of rotatable bonds is 12. The standard InChI is InChI=1S/C23H31N5O6/c1-5-33-19(29)10-9-18(23(32)34-6-2)26-22(31)20(15(3)4)27-21(30)16-12-25-28(14-16)17-8-7-11-24-13-17/h7-8,11-15,18,20H,5-6,9-10H2,1-4H3,(H,26,31)(H,27,30)/t18-,20+/m1/s1. The Balaban J connectivity index is 2.08. The molecule has 2 rings (SSSR count). The van der Waals surface area contributed by atoms with E-state index >= 15 is 0 Å². The van der Waals surface area contributed by atoms with Gasteiger partial charge in [-0.3, -0.25) is 19.4 Å². The molecule has 0 bridgehead atoms. The highest BCUT2D eigenvalue weighted by Gasteiger charge is 2.30. The van der Waals surface area contributed by atoms with Crippen LogP contribution in [0.2, 0.25) is 0 Å². The maximum atomic E-state index is 13.0. The van der Waals surface area contributed by atoms with Crippen LogP contribution in [0.5, 0.6) is 0 Å². The summed E-state index contributed by atoms with van der Waals surface area (Å²) < 4.78 is 11.4. The second-order valence-corrected chi connectivity index (χ2v) is 7.74. The van der Waals surface area contributed by atoms with E-state index in [0.717, 1.165) is 0 Å². The first kappa shape index (κ1) is 26.5. The Morgan fingerprint density at radius 3 is 2.41 bits per heavy atom. The van der Waals surface area contributed by atoms with Crippen molar-refractivity contribution in [3.05, 3.63) is 42.5 Å². The lowest BCUT2D eigenvalue weighted by Crippen LogP contribution is -2.54. The maximum absolute atomic E-state index is 13.0. The van der Waals surface area contributed by atoms with Gasteiger partial charge in [-0.1, -0.05) is 13.8 Å². The van der Waals surface area contributed by atoms with Crippen LogP contribution >= 0.6 is 0 Å². The molecule has 2 atom stereocenters. The van der Waals surface area contributed by atoms with E-state index in [4.69, 9.17) is 9.47 Å². The molecule has 0 fully saturated rings. The lowest BCUT2D eigenvalue weighted by molar-refractivity contribution is -0.149. The van der Waals surface area contributed by atoms with E-state index in [2.05, 4.69) is 20.7 Å². The summed E-state index contributed by atoms with van der Waals surface area (Å²) >= 11 is 0. The fourth-order valence-corrected chi connectivity index (χ4v) is 3.08. The number of ether oxygens (including phenoxy) is 2. The first-order chi connectivity index (χ1) is 16.3. The molecule has 0 unspecified atom stereocenters. The second-order valence-electron chi connectivity index (χ2n) is 7.74. The molecule has 0 radical (unpaired) electrons. The summed E-state index contributed by atoms with van der Waals surface area (Å²) in [4.78, 5) is 53.9. The zero-order chi connectivity index (χ0) is 25.1. The number of aromatic nitrogens is 3. The number of nitrogens with one attached hydrogen (secondary N) is 2. The SMILES string of the molecule is CCOC(=O)CC[C@@H](NC(=O)[C@@H](NC(=O)c1cnn(-c2cccnc2)c1)C(C)C)C(=O)OCC. The van der Waals surface area contributed by atoms with Crippen LogP contribution < -0.4 is 10.6 Å². The van der Waals surface area contributed by atoms with E-state index < -0.39 is 35.8 Å². The van der Waals surface area contributed by atoms with Crippen LogP contribution in [0.15, 0.2) is 36.9 Å². The smallest absolute Gasteiger partial charge is 0.328 e. The van der Waals surface area contributed by atoms with Gasteiger partial charge >= 0.3 is 11.9 Å². The molecule has 0 spiro atoms. The Morgan fingerprint density at radius 2 is 1.79 bits per heavy atom. The molecular weight excluding hydrogens is 442 g/mol. The Labute approximate surface area is 198 Å². The quantitative estimate of drug-likeness (QED) is 0.441. The van der Waals surface area contributed by atoms with Gasteiger partial charge in [-0.05, 0) is 38.3 Å². The molecule has 0 aliphatic carbocycles. The van der Waals surface area contributed by atoms with Gasteiger partial charge in [0.15, 0.2) is 0 Å². The molecule has 184 valence electrons. The van der Waals surface area contributed by atoms with Crippen LogP contribution in [0.4, 0.5) is 0 Å². The van der Waals surface area contributed by atoms with Crippen LogP contribution in [0.25, 0.3) is 5.69 Å². The Hall–Kier alpha value is -3.76. The highest BCUT2D eigenvalue weighted by atomic mass is 16.5. The van der Waals surface area contributed by atoms with E-state index in [1.54, 1.807) is 52.2 Å². The Kier molecular flexibility index (Phi) is 10.2. The van der Waals surface area contributed by atoms with Gasteiger partial charge < -0.3 is 20.1 Å². The zero-order valence-corrected chi connectivity index (χ0v) is 19.8. The number of pyridine rings is 1. The Bertz CT molecular complexity index is 975. The first-order valence-electron chi connectivity index (χ1n) is 11.1. The molecular formula is C23H31N5O6. The fourth-order valence-electron chi connectivity index (χ4n) is 3.08. The summed E-state index contributed by atoms with van der Waals surface area (Å²) in [5.41, 5.74) is 0.935. The highest BCUT2D eigenvalue weighted by Crippen LogP contribution is 2.10. The van der Waals surface area contributed by atoms with Crippen molar-refractivity contribution in [3.8, 4) is 5.69 Å². The fraction of sp³-hybridized carbons (Fsp3) is 0.478. The molecule has 2 N–H and O–H groups in total. The topological polar surface area (TPSA) is 142 Å². The number of esters is 2. The van der Waals surface area contributed by atoms with E-state index in [0.29, 0.717) is 5.69 Å². The number of hydrogen-bond acceptors (Lipinski definition) is 8. The molecule has 2 amide bonds.